The van der Waals surface area contributed by atoms with Crippen molar-refractivity contribution in [2.45, 2.75) is 0 Å². The highest BCUT2D eigenvalue weighted by Gasteiger charge is 2.15. The van der Waals surface area contributed by atoms with Crippen LogP contribution in [-0.4, -0.2) is 35.2 Å². The first-order valence-electron chi connectivity index (χ1n) is 9.25. The third-order valence-electron chi connectivity index (χ3n) is 4.29. The van der Waals surface area contributed by atoms with E-state index in [9.17, 15) is 24.8 Å². The van der Waals surface area contributed by atoms with Gasteiger partial charge in [0.15, 0.2) is 11.5 Å². The fraction of sp³-hybridized carbons (Fsp3) is 0.0455. The fourth-order valence-electron chi connectivity index (χ4n) is 2.64. The number of carbonyl (C=O) groups is 2. The van der Waals surface area contributed by atoms with Crippen LogP contribution < -0.4 is 14.9 Å². The topological polar surface area (TPSA) is 140 Å². The van der Waals surface area contributed by atoms with Crippen LogP contribution in [-0.2, 0) is 0 Å². The van der Waals surface area contributed by atoms with Crippen molar-refractivity contribution < 1.29 is 29.1 Å². The molecule has 0 radical (unpaired) electrons. The van der Waals surface area contributed by atoms with Gasteiger partial charge in [-0.15, -0.1) is 0 Å². The number of nitrogens with one attached hydrogen (secondary N) is 1. The predicted octanol–water partition coefficient (Wildman–Crippen LogP) is 4.05. The monoisotopic (exact) mass is 513 g/mol. The summed E-state index contributed by atoms with van der Waals surface area (Å²) in [5.41, 5.74) is 2.87. The maximum atomic E-state index is 12.3. The minimum atomic E-state index is -0.717. The molecule has 0 spiro atoms. The molecule has 3 aromatic rings. The number of amides is 1. The zero-order chi connectivity index (χ0) is 24.0. The van der Waals surface area contributed by atoms with E-state index < -0.39 is 16.8 Å². The maximum Gasteiger partial charge on any atom is 0.343 e. The van der Waals surface area contributed by atoms with Gasteiger partial charge in [0.2, 0.25) is 0 Å². The first kappa shape index (κ1) is 23.4. The number of aromatic hydroxyl groups is 1. The van der Waals surface area contributed by atoms with Crippen molar-refractivity contribution in [1.29, 1.82) is 0 Å². The fourth-order valence-corrected chi connectivity index (χ4v) is 3.00. The third-order valence-corrected chi connectivity index (χ3v) is 4.78. The Bertz CT molecular complexity index is 1240. The molecule has 3 aromatic carbocycles. The molecular formula is C22H16BrN3O7. The predicted molar refractivity (Wildman–Crippen MR) is 122 cm³/mol. The minimum Gasteiger partial charge on any atom is -0.507 e. The molecule has 2 N–H and O–H groups in total. The second-order valence-electron chi connectivity index (χ2n) is 6.46. The summed E-state index contributed by atoms with van der Waals surface area (Å²) >= 11 is 3.23. The number of phenols is 1. The number of hydrogen-bond acceptors (Lipinski definition) is 8. The summed E-state index contributed by atoms with van der Waals surface area (Å²) in [6, 6.07) is 14.0. The zero-order valence-electron chi connectivity index (χ0n) is 17.0. The van der Waals surface area contributed by atoms with Gasteiger partial charge < -0.3 is 14.6 Å². The van der Waals surface area contributed by atoms with E-state index in [4.69, 9.17) is 9.47 Å². The Morgan fingerprint density at radius 1 is 1.09 bits per heavy atom. The molecule has 3 rings (SSSR count). The van der Waals surface area contributed by atoms with Gasteiger partial charge in [-0.3, -0.25) is 14.9 Å². The average molecular weight is 514 g/mol. The Kier molecular flexibility index (Phi) is 7.36. The van der Waals surface area contributed by atoms with E-state index in [0.717, 1.165) is 0 Å². The normalized spacial score (nSPS) is 10.6. The van der Waals surface area contributed by atoms with Crippen molar-refractivity contribution in [3.8, 4) is 17.2 Å². The van der Waals surface area contributed by atoms with Gasteiger partial charge in [-0.05, 0) is 54.1 Å². The average Bonchev–Trinajstić information content (AvgIpc) is 2.81. The van der Waals surface area contributed by atoms with E-state index in [1.54, 1.807) is 12.1 Å². The van der Waals surface area contributed by atoms with Crippen LogP contribution in [0.4, 0.5) is 5.69 Å². The molecule has 0 fully saturated rings. The van der Waals surface area contributed by atoms with Crippen molar-refractivity contribution in [2.24, 2.45) is 5.10 Å². The maximum absolute atomic E-state index is 12.3. The molecule has 0 aliphatic carbocycles. The summed E-state index contributed by atoms with van der Waals surface area (Å²) in [7, 11) is 1.39. The highest BCUT2D eigenvalue weighted by Crippen LogP contribution is 2.28. The lowest BCUT2D eigenvalue weighted by molar-refractivity contribution is -0.384. The minimum absolute atomic E-state index is 0.0487. The number of methoxy groups -OCH3 is 1. The van der Waals surface area contributed by atoms with Gasteiger partial charge in [-0.25, -0.2) is 10.2 Å². The van der Waals surface area contributed by atoms with Crippen molar-refractivity contribution in [3.63, 3.8) is 0 Å². The number of ether oxygens (including phenoxy) is 2. The number of hydrazone groups is 1. The van der Waals surface area contributed by atoms with Gasteiger partial charge in [0.1, 0.15) is 5.75 Å². The Morgan fingerprint density at radius 3 is 2.48 bits per heavy atom. The zero-order valence-corrected chi connectivity index (χ0v) is 18.6. The molecule has 33 heavy (non-hydrogen) atoms. The molecule has 0 saturated carbocycles. The number of non-ortho nitro benzene ring substituents is 1. The van der Waals surface area contributed by atoms with Gasteiger partial charge in [-0.1, -0.05) is 15.9 Å². The summed E-state index contributed by atoms with van der Waals surface area (Å²) in [6.07, 6.45) is 1.34. The smallest absolute Gasteiger partial charge is 0.343 e. The molecule has 10 nitrogen and oxygen atoms in total. The molecule has 0 heterocycles. The van der Waals surface area contributed by atoms with E-state index in [-0.39, 0.29) is 34.1 Å². The lowest BCUT2D eigenvalue weighted by Gasteiger charge is -2.10. The summed E-state index contributed by atoms with van der Waals surface area (Å²) in [5.74, 6) is -1.16. The number of benzene rings is 3. The van der Waals surface area contributed by atoms with Crippen LogP contribution in [0.1, 0.15) is 26.3 Å². The summed E-state index contributed by atoms with van der Waals surface area (Å²) in [6.45, 7) is 0. The first-order chi connectivity index (χ1) is 15.8. The van der Waals surface area contributed by atoms with Crippen LogP contribution in [0.3, 0.4) is 0 Å². The number of nitro benzene ring substituents is 1. The van der Waals surface area contributed by atoms with E-state index >= 15 is 0 Å². The van der Waals surface area contributed by atoms with E-state index in [2.05, 4.69) is 26.5 Å². The van der Waals surface area contributed by atoms with Crippen LogP contribution in [0.2, 0.25) is 0 Å². The Balaban J connectivity index is 1.68. The molecule has 0 saturated heterocycles. The molecule has 11 heteroatoms. The highest BCUT2D eigenvalue weighted by molar-refractivity contribution is 9.10. The summed E-state index contributed by atoms with van der Waals surface area (Å²) < 4.78 is 11.2. The molecule has 0 bridgehead atoms. The van der Waals surface area contributed by atoms with Gasteiger partial charge in [-0.2, -0.15) is 5.10 Å². The van der Waals surface area contributed by atoms with Gasteiger partial charge in [0, 0.05) is 16.6 Å². The molecule has 0 aliphatic heterocycles. The number of hydrogen-bond donors (Lipinski definition) is 2. The number of carbonyl (C=O) groups excluding carboxylic acids is 2. The van der Waals surface area contributed by atoms with Crippen LogP contribution in [0.25, 0.3) is 0 Å². The first-order valence-corrected chi connectivity index (χ1v) is 10.0. The number of phenolic OH excluding ortho intramolecular Hbond substituents is 1. The molecule has 0 unspecified atom stereocenters. The van der Waals surface area contributed by atoms with Crippen LogP contribution in [0.15, 0.2) is 70.2 Å². The SMILES string of the molecule is COc1cc(/C=N/NC(=O)c2cc(Br)ccc2O)ccc1OC(=O)c1ccc([N+](=O)[O-])cc1. The summed E-state index contributed by atoms with van der Waals surface area (Å²) in [4.78, 5) is 34.7. The van der Waals surface area contributed by atoms with Crippen LogP contribution in [0.5, 0.6) is 17.2 Å². The standard InChI is InChI=1S/C22H16BrN3O7/c1-32-20-10-13(12-24-25-21(28)17-11-15(23)5-8-18(17)27)2-9-19(20)33-22(29)14-3-6-16(7-4-14)26(30)31/h2-12,27H,1H3,(H,25,28)/b24-12+. The number of nitro groups is 1. The van der Waals surface area contributed by atoms with Crippen LogP contribution in [0, 0.1) is 10.1 Å². The van der Waals surface area contributed by atoms with Crippen molar-refractivity contribution in [2.75, 3.05) is 7.11 Å². The molecule has 168 valence electrons. The highest BCUT2D eigenvalue weighted by atomic mass is 79.9. The van der Waals surface area contributed by atoms with Crippen molar-refractivity contribution >= 4 is 39.7 Å². The second kappa shape index (κ2) is 10.4. The quantitative estimate of drug-likeness (QED) is 0.159. The molecule has 0 aromatic heterocycles. The third kappa shape index (κ3) is 5.92. The van der Waals surface area contributed by atoms with Gasteiger partial charge in [0.05, 0.1) is 29.4 Å². The van der Waals surface area contributed by atoms with Crippen molar-refractivity contribution in [1.82, 2.24) is 5.43 Å². The molecule has 1 amide bonds. The summed E-state index contributed by atoms with van der Waals surface area (Å²) in [5, 5.41) is 24.4. The molecular weight excluding hydrogens is 498 g/mol. The lowest BCUT2D eigenvalue weighted by Crippen LogP contribution is -2.17. The second-order valence-corrected chi connectivity index (χ2v) is 7.38. The Hall–Kier alpha value is -4.25. The lowest BCUT2D eigenvalue weighted by atomic mass is 10.2. The van der Waals surface area contributed by atoms with Gasteiger partial charge >= 0.3 is 5.97 Å². The molecule has 0 atom stereocenters. The Labute approximate surface area is 195 Å². The number of esters is 1. The van der Waals surface area contributed by atoms with E-state index in [0.29, 0.717) is 10.0 Å². The van der Waals surface area contributed by atoms with Gasteiger partial charge in [0.25, 0.3) is 11.6 Å². The number of halogens is 1. The molecule has 0 aliphatic rings. The van der Waals surface area contributed by atoms with E-state index in [1.807, 2.05) is 0 Å². The van der Waals surface area contributed by atoms with Crippen LogP contribution >= 0.6 is 15.9 Å². The van der Waals surface area contributed by atoms with Crippen molar-refractivity contribution in [3.05, 3.63) is 91.9 Å². The largest absolute Gasteiger partial charge is 0.507 e. The van der Waals surface area contributed by atoms with E-state index in [1.165, 1.54) is 61.9 Å². The number of rotatable bonds is 7. The Morgan fingerprint density at radius 2 is 1.82 bits per heavy atom. The number of nitrogens with zero attached hydrogens (tertiary/aromatic N) is 2.